The highest BCUT2D eigenvalue weighted by Crippen LogP contribution is 2.23. The molecule has 1 aromatic rings. The average Bonchev–Trinajstić information content (AvgIpc) is 2.86. The third-order valence-electron chi connectivity index (χ3n) is 3.04. The van der Waals surface area contributed by atoms with Gasteiger partial charge in [-0.15, -0.1) is 5.10 Å². The van der Waals surface area contributed by atoms with Gasteiger partial charge >= 0.3 is 6.03 Å². The molecule has 0 bridgehead atoms. The lowest BCUT2D eigenvalue weighted by Gasteiger charge is -2.14. The van der Waals surface area contributed by atoms with Crippen LogP contribution in [-0.4, -0.2) is 69.9 Å². The normalized spacial score (nSPS) is 11.4. The second-order valence-corrected chi connectivity index (χ2v) is 7.20. The summed E-state index contributed by atoms with van der Waals surface area (Å²) in [4.78, 5) is 31.6. The quantitative estimate of drug-likeness (QED) is 0.787. The number of carbonyl (C=O) groups excluding carboxylic acids is 2. The maximum atomic E-state index is 12.2. The lowest BCUT2D eigenvalue weighted by molar-refractivity contribution is -0.126. The molecule has 0 fully saturated rings. The SMILES string of the molecule is CCN(C)C(=O)CSc1nc(C(C)(C)C)nn1C(=O)N(C)C. The molecular formula is C14H25N5O2S. The largest absolute Gasteiger partial charge is 0.346 e. The highest BCUT2D eigenvalue weighted by atomic mass is 32.2. The van der Waals surface area contributed by atoms with Gasteiger partial charge in [0.15, 0.2) is 11.0 Å². The molecule has 0 aliphatic rings. The number of aromatic nitrogens is 3. The van der Waals surface area contributed by atoms with Gasteiger partial charge < -0.3 is 9.80 Å². The van der Waals surface area contributed by atoms with Crippen LogP contribution in [0.2, 0.25) is 0 Å². The molecule has 0 unspecified atom stereocenters. The van der Waals surface area contributed by atoms with E-state index in [0.29, 0.717) is 17.5 Å². The first kappa shape index (κ1) is 18.5. The van der Waals surface area contributed by atoms with Crippen molar-refractivity contribution in [3.63, 3.8) is 0 Å². The van der Waals surface area contributed by atoms with Crippen LogP contribution in [0.3, 0.4) is 0 Å². The van der Waals surface area contributed by atoms with E-state index in [1.54, 1.807) is 26.0 Å². The number of amides is 2. The Hall–Kier alpha value is -1.57. The summed E-state index contributed by atoms with van der Waals surface area (Å²) in [6, 6.07) is -0.276. The van der Waals surface area contributed by atoms with E-state index in [9.17, 15) is 9.59 Å². The average molecular weight is 327 g/mol. The molecule has 0 spiro atoms. The van der Waals surface area contributed by atoms with E-state index in [0.717, 1.165) is 0 Å². The lowest BCUT2D eigenvalue weighted by Crippen LogP contribution is -2.30. The predicted molar refractivity (Wildman–Crippen MR) is 87.2 cm³/mol. The Morgan fingerprint density at radius 2 is 1.82 bits per heavy atom. The molecule has 0 saturated carbocycles. The number of hydrogen-bond donors (Lipinski definition) is 0. The van der Waals surface area contributed by atoms with Gasteiger partial charge in [-0.3, -0.25) is 4.79 Å². The fourth-order valence-corrected chi connectivity index (χ4v) is 2.30. The molecule has 8 heteroatoms. The Morgan fingerprint density at radius 3 is 2.27 bits per heavy atom. The van der Waals surface area contributed by atoms with Crippen molar-refractivity contribution in [3.05, 3.63) is 5.82 Å². The zero-order valence-corrected chi connectivity index (χ0v) is 15.2. The van der Waals surface area contributed by atoms with Crippen LogP contribution in [0.25, 0.3) is 0 Å². The summed E-state index contributed by atoms with van der Waals surface area (Å²) in [7, 11) is 5.07. The number of hydrogen-bond acceptors (Lipinski definition) is 5. The molecule has 22 heavy (non-hydrogen) atoms. The van der Waals surface area contributed by atoms with Crippen molar-refractivity contribution in [2.75, 3.05) is 33.4 Å². The minimum atomic E-state index is -0.276. The van der Waals surface area contributed by atoms with Crippen molar-refractivity contribution in [2.45, 2.75) is 38.3 Å². The molecule has 1 heterocycles. The molecular weight excluding hydrogens is 302 g/mol. The second-order valence-electron chi connectivity index (χ2n) is 6.25. The monoisotopic (exact) mass is 327 g/mol. The van der Waals surface area contributed by atoms with Crippen molar-refractivity contribution >= 4 is 23.7 Å². The lowest BCUT2D eigenvalue weighted by atomic mass is 9.96. The summed E-state index contributed by atoms with van der Waals surface area (Å²) in [5.41, 5.74) is -0.266. The first-order valence-electron chi connectivity index (χ1n) is 7.13. The molecule has 7 nitrogen and oxygen atoms in total. The Kier molecular flexibility index (Phi) is 5.99. The van der Waals surface area contributed by atoms with Gasteiger partial charge in [-0.05, 0) is 6.92 Å². The van der Waals surface area contributed by atoms with Gasteiger partial charge in [-0.25, -0.2) is 9.78 Å². The smallest absolute Gasteiger partial charge is 0.345 e. The fraction of sp³-hybridized carbons (Fsp3) is 0.714. The molecule has 1 aromatic heterocycles. The first-order chi connectivity index (χ1) is 10.1. The predicted octanol–water partition coefficient (Wildman–Crippen LogP) is 1.68. The molecule has 0 saturated heterocycles. The number of thioether (sulfide) groups is 1. The number of carbonyl (C=O) groups is 2. The molecule has 0 aromatic carbocycles. The summed E-state index contributed by atoms with van der Waals surface area (Å²) < 4.78 is 1.27. The van der Waals surface area contributed by atoms with Crippen molar-refractivity contribution in [3.8, 4) is 0 Å². The van der Waals surface area contributed by atoms with E-state index in [2.05, 4.69) is 10.1 Å². The first-order valence-corrected chi connectivity index (χ1v) is 8.12. The van der Waals surface area contributed by atoms with Crippen LogP contribution in [0, 0.1) is 0 Å². The molecule has 0 radical (unpaired) electrons. The molecule has 0 atom stereocenters. The summed E-state index contributed by atoms with van der Waals surface area (Å²) in [5, 5.41) is 4.76. The van der Waals surface area contributed by atoms with E-state index in [1.807, 2.05) is 27.7 Å². The summed E-state index contributed by atoms with van der Waals surface area (Å²) in [6.07, 6.45) is 0. The van der Waals surface area contributed by atoms with Gasteiger partial charge in [0.2, 0.25) is 5.91 Å². The number of rotatable bonds is 4. The van der Waals surface area contributed by atoms with Gasteiger partial charge in [0.25, 0.3) is 0 Å². The summed E-state index contributed by atoms with van der Waals surface area (Å²) >= 11 is 1.23. The van der Waals surface area contributed by atoms with Crippen LogP contribution in [0.15, 0.2) is 5.16 Å². The van der Waals surface area contributed by atoms with Crippen LogP contribution < -0.4 is 0 Å². The highest BCUT2D eigenvalue weighted by molar-refractivity contribution is 7.99. The van der Waals surface area contributed by atoms with Crippen LogP contribution in [0.4, 0.5) is 4.79 Å². The van der Waals surface area contributed by atoms with Crippen LogP contribution in [0.1, 0.15) is 33.5 Å². The molecule has 0 aliphatic carbocycles. The fourth-order valence-electron chi connectivity index (χ4n) is 1.44. The van der Waals surface area contributed by atoms with Gasteiger partial charge in [0.1, 0.15) is 0 Å². The van der Waals surface area contributed by atoms with Crippen LogP contribution in [-0.2, 0) is 10.2 Å². The van der Waals surface area contributed by atoms with Crippen molar-refractivity contribution in [1.29, 1.82) is 0 Å². The highest BCUT2D eigenvalue weighted by Gasteiger charge is 2.25. The molecule has 2 amide bonds. The second kappa shape index (κ2) is 7.13. The molecule has 0 N–H and O–H groups in total. The van der Waals surface area contributed by atoms with Crippen LogP contribution in [0.5, 0.6) is 0 Å². The maximum Gasteiger partial charge on any atom is 0.346 e. The molecule has 124 valence electrons. The number of nitrogens with zero attached hydrogens (tertiary/aromatic N) is 5. The molecule has 0 aliphatic heterocycles. The van der Waals surface area contributed by atoms with Crippen molar-refractivity contribution in [2.24, 2.45) is 0 Å². The zero-order chi connectivity index (χ0) is 17.1. The van der Waals surface area contributed by atoms with E-state index in [-0.39, 0.29) is 23.1 Å². The van der Waals surface area contributed by atoms with Crippen molar-refractivity contribution in [1.82, 2.24) is 24.6 Å². The van der Waals surface area contributed by atoms with E-state index in [1.165, 1.54) is 21.3 Å². The zero-order valence-electron chi connectivity index (χ0n) is 14.4. The standard InChI is InChI=1S/C14H25N5O2S/c1-8-18(7)10(20)9-22-12-15-11(14(2,3)4)16-19(12)13(21)17(5)6/h8-9H2,1-7H3. The van der Waals surface area contributed by atoms with E-state index in [4.69, 9.17) is 0 Å². The third kappa shape index (κ3) is 4.46. The minimum absolute atomic E-state index is 0.00309. The Morgan fingerprint density at radius 1 is 1.23 bits per heavy atom. The third-order valence-corrected chi connectivity index (χ3v) is 3.95. The summed E-state index contributed by atoms with van der Waals surface area (Å²) in [5.74, 6) is 0.811. The van der Waals surface area contributed by atoms with E-state index >= 15 is 0 Å². The Bertz CT molecular complexity index is 548. The van der Waals surface area contributed by atoms with Gasteiger partial charge in [-0.2, -0.15) is 4.68 Å². The topological polar surface area (TPSA) is 71.3 Å². The van der Waals surface area contributed by atoms with Crippen LogP contribution >= 0.6 is 11.8 Å². The summed E-state index contributed by atoms with van der Waals surface area (Å²) in [6.45, 7) is 8.51. The Balaban J connectivity index is 3.03. The van der Waals surface area contributed by atoms with Crippen molar-refractivity contribution < 1.29 is 9.59 Å². The van der Waals surface area contributed by atoms with Gasteiger partial charge in [0, 0.05) is 33.1 Å². The van der Waals surface area contributed by atoms with Gasteiger partial charge in [-0.1, -0.05) is 32.5 Å². The Labute approximate surface area is 136 Å². The minimum Gasteiger partial charge on any atom is -0.345 e. The van der Waals surface area contributed by atoms with E-state index < -0.39 is 0 Å². The maximum absolute atomic E-state index is 12.2. The van der Waals surface area contributed by atoms with Gasteiger partial charge in [0.05, 0.1) is 5.75 Å². The molecule has 1 rings (SSSR count).